The monoisotopic (exact) mass is 180 g/mol. The molecule has 0 heterocycles. The van der Waals surface area contributed by atoms with Crippen LogP contribution in [0, 0.1) is 0 Å². The molecule has 0 amide bonds. The van der Waals surface area contributed by atoms with E-state index in [1.165, 1.54) is 10.8 Å². The molecular formula is C10H16OSi. The van der Waals surface area contributed by atoms with Gasteiger partial charge in [-0.25, -0.2) is 0 Å². The van der Waals surface area contributed by atoms with Crippen molar-refractivity contribution in [1.82, 2.24) is 0 Å². The van der Waals surface area contributed by atoms with Crippen LogP contribution in [0.2, 0.25) is 19.6 Å². The second kappa shape index (κ2) is 3.02. The summed E-state index contributed by atoms with van der Waals surface area (Å²) in [6.07, 6.45) is 3.35. The Morgan fingerprint density at radius 1 is 1.33 bits per heavy atom. The number of hydrogen-bond acceptors (Lipinski definition) is 1. The third-order valence-corrected chi connectivity index (χ3v) is 4.28. The first-order valence-corrected chi connectivity index (χ1v) is 7.84. The number of allylic oxidation sites excluding steroid dienone is 3. The van der Waals surface area contributed by atoms with Crippen molar-refractivity contribution in [2.75, 3.05) is 0 Å². The van der Waals surface area contributed by atoms with Gasteiger partial charge in [-0.15, -0.1) is 0 Å². The Morgan fingerprint density at radius 2 is 1.92 bits per heavy atom. The van der Waals surface area contributed by atoms with E-state index < -0.39 is 8.07 Å². The highest BCUT2D eigenvalue weighted by Crippen LogP contribution is 2.28. The lowest BCUT2D eigenvalue weighted by Gasteiger charge is -2.25. The molecule has 0 saturated carbocycles. The molecule has 0 radical (unpaired) electrons. The van der Waals surface area contributed by atoms with Crippen LogP contribution in [-0.4, -0.2) is 13.9 Å². The van der Waals surface area contributed by atoms with Gasteiger partial charge in [0.1, 0.15) is 0 Å². The van der Waals surface area contributed by atoms with Gasteiger partial charge in [-0.05, 0) is 12.5 Å². The van der Waals surface area contributed by atoms with Crippen LogP contribution in [0.5, 0.6) is 0 Å². The Labute approximate surface area is 75.2 Å². The van der Waals surface area contributed by atoms with E-state index in [9.17, 15) is 4.79 Å². The molecule has 0 atom stereocenters. The molecule has 0 fully saturated rings. The van der Waals surface area contributed by atoms with E-state index in [2.05, 4.69) is 26.2 Å². The first kappa shape index (κ1) is 9.45. The SMILES string of the molecule is C=C1CCC(=O)C=C1[Si](C)(C)C. The van der Waals surface area contributed by atoms with Crippen molar-refractivity contribution in [3.63, 3.8) is 0 Å². The van der Waals surface area contributed by atoms with Crippen LogP contribution in [0.1, 0.15) is 12.8 Å². The van der Waals surface area contributed by atoms with Crippen LogP contribution in [0.15, 0.2) is 23.4 Å². The minimum Gasteiger partial charge on any atom is -0.295 e. The smallest absolute Gasteiger partial charge is 0.155 e. The van der Waals surface area contributed by atoms with Gasteiger partial charge >= 0.3 is 0 Å². The van der Waals surface area contributed by atoms with Gasteiger partial charge in [0.15, 0.2) is 5.78 Å². The molecule has 0 spiro atoms. The molecule has 0 N–H and O–H groups in total. The van der Waals surface area contributed by atoms with Crippen LogP contribution >= 0.6 is 0 Å². The largest absolute Gasteiger partial charge is 0.295 e. The molecule has 66 valence electrons. The van der Waals surface area contributed by atoms with Crippen molar-refractivity contribution in [2.45, 2.75) is 32.5 Å². The zero-order chi connectivity index (χ0) is 9.35. The highest BCUT2D eigenvalue weighted by molar-refractivity contribution is 6.84. The summed E-state index contributed by atoms with van der Waals surface area (Å²) in [5.41, 5.74) is 1.19. The first-order chi connectivity index (χ1) is 5.41. The van der Waals surface area contributed by atoms with Crippen molar-refractivity contribution >= 4 is 13.9 Å². The Kier molecular flexibility index (Phi) is 2.38. The third-order valence-electron chi connectivity index (χ3n) is 2.17. The van der Waals surface area contributed by atoms with Crippen LogP contribution in [0.4, 0.5) is 0 Å². The number of carbonyl (C=O) groups is 1. The third kappa shape index (κ3) is 1.94. The van der Waals surface area contributed by atoms with Gasteiger partial charge in [0.2, 0.25) is 0 Å². The van der Waals surface area contributed by atoms with Gasteiger partial charge in [-0.1, -0.05) is 37.0 Å². The summed E-state index contributed by atoms with van der Waals surface area (Å²) < 4.78 is 0. The Morgan fingerprint density at radius 3 is 2.33 bits per heavy atom. The van der Waals surface area contributed by atoms with Gasteiger partial charge in [0.25, 0.3) is 0 Å². The van der Waals surface area contributed by atoms with E-state index >= 15 is 0 Å². The van der Waals surface area contributed by atoms with Gasteiger partial charge in [0.05, 0.1) is 8.07 Å². The molecule has 1 nitrogen and oxygen atoms in total. The maximum Gasteiger partial charge on any atom is 0.155 e. The molecule has 0 unspecified atom stereocenters. The minimum absolute atomic E-state index is 0.278. The number of rotatable bonds is 1. The fraction of sp³-hybridized carbons (Fsp3) is 0.500. The summed E-state index contributed by atoms with van der Waals surface area (Å²) in [5.74, 6) is 0.278. The van der Waals surface area contributed by atoms with E-state index in [4.69, 9.17) is 0 Å². The molecule has 0 bridgehead atoms. The molecular weight excluding hydrogens is 164 g/mol. The van der Waals surface area contributed by atoms with E-state index in [0.29, 0.717) is 6.42 Å². The second-order valence-corrected chi connectivity index (χ2v) is 9.42. The summed E-state index contributed by atoms with van der Waals surface area (Å²) in [6.45, 7) is 10.8. The maximum absolute atomic E-state index is 11.2. The molecule has 0 aromatic rings. The fourth-order valence-corrected chi connectivity index (χ4v) is 3.27. The van der Waals surface area contributed by atoms with Gasteiger partial charge < -0.3 is 0 Å². The van der Waals surface area contributed by atoms with Crippen molar-refractivity contribution in [1.29, 1.82) is 0 Å². The molecule has 1 aliphatic carbocycles. The lowest BCUT2D eigenvalue weighted by atomic mass is 10.0. The summed E-state index contributed by atoms with van der Waals surface area (Å²) in [6, 6.07) is 0. The average Bonchev–Trinajstić information content (AvgIpc) is 1.92. The van der Waals surface area contributed by atoms with Crippen molar-refractivity contribution in [3.05, 3.63) is 23.4 Å². The van der Waals surface area contributed by atoms with Crippen LogP contribution in [0.3, 0.4) is 0 Å². The molecule has 0 aromatic heterocycles. The van der Waals surface area contributed by atoms with Crippen molar-refractivity contribution in [2.24, 2.45) is 0 Å². The van der Waals surface area contributed by atoms with Crippen molar-refractivity contribution < 1.29 is 4.79 Å². The molecule has 0 saturated heterocycles. The molecule has 0 aliphatic heterocycles. The maximum atomic E-state index is 11.2. The van der Waals surface area contributed by atoms with Crippen molar-refractivity contribution in [3.8, 4) is 0 Å². The van der Waals surface area contributed by atoms with Gasteiger partial charge in [-0.3, -0.25) is 4.79 Å². The Balaban J connectivity index is 3.00. The van der Waals surface area contributed by atoms with Crippen LogP contribution in [-0.2, 0) is 4.79 Å². The highest BCUT2D eigenvalue weighted by atomic mass is 28.3. The Hall–Kier alpha value is -0.633. The highest BCUT2D eigenvalue weighted by Gasteiger charge is 2.25. The van der Waals surface area contributed by atoms with Crippen LogP contribution in [0.25, 0.3) is 0 Å². The predicted octanol–water partition coefficient (Wildman–Crippen LogP) is 2.71. The quantitative estimate of drug-likeness (QED) is 0.567. The van der Waals surface area contributed by atoms with Gasteiger partial charge in [-0.2, -0.15) is 0 Å². The van der Waals surface area contributed by atoms with E-state index in [1.807, 2.05) is 6.08 Å². The molecule has 2 heteroatoms. The number of carbonyl (C=O) groups excluding carboxylic acids is 1. The minimum atomic E-state index is -1.32. The number of ketones is 1. The normalized spacial score (nSPS) is 19.4. The fourth-order valence-electron chi connectivity index (χ4n) is 1.49. The van der Waals surface area contributed by atoms with E-state index in [1.54, 1.807) is 0 Å². The second-order valence-electron chi connectivity index (χ2n) is 4.38. The first-order valence-electron chi connectivity index (χ1n) is 4.34. The average molecular weight is 180 g/mol. The summed E-state index contributed by atoms with van der Waals surface area (Å²) in [4.78, 5) is 11.2. The molecule has 12 heavy (non-hydrogen) atoms. The van der Waals surface area contributed by atoms with E-state index in [-0.39, 0.29) is 5.78 Å². The summed E-state index contributed by atoms with van der Waals surface area (Å²) in [5, 5.41) is 1.26. The number of hydrogen-bond donors (Lipinski definition) is 0. The summed E-state index contributed by atoms with van der Waals surface area (Å²) in [7, 11) is -1.32. The molecule has 1 rings (SSSR count). The van der Waals surface area contributed by atoms with Crippen LogP contribution < -0.4 is 0 Å². The predicted molar refractivity (Wildman–Crippen MR) is 54.8 cm³/mol. The zero-order valence-electron chi connectivity index (χ0n) is 8.11. The summed E-state index contributed by atoms with van der Waals surface area (Å²) >= 11 is 0. The lowest BCUT2D eigenvalue weighted by molar-refractivity contribution is -0.114. The molecule has 0 aromatic carbocycles. The zero-order valence-corrected chi connectivity index (χ0v) is 9.11. The molecule has 1 aliphatic rings. The topological polar surface area (TPSA) is 17.1 Å². The van der Waals surface area contributed by atoms with Gasteiger partial charge in [0, 0.05) is 6.42 Å². The standard InChI is InChI=1S/C10H16OSi/c1-8-5-6-9(11)7-10(8)12(2,3)4/h7H,1,5-6H2,2-4H3. The Bertz CT molecular complexity index is 256. The van der Waals surface area contributed by atoms with E-state index in [0.717, 1.165) is 6.42 Å². The lowest BCUT2D eigenvalue weighted by Crippen LogP contribution is -2.28.